The zero-order chi connectivity index (χ0) is 21.9. The normalized spacial score (nSPS) is 30.6. The number of nitrogens with one attached hydrogen (secondary N) is 1. The van der Waals surface area contributed by atoms with Crippen molar-refractivity contribution in [2.24, 2.45) is 0 Å². The molecule has 5 N–H and O–H groups in total. The number of aliphatic hydroxyl groups excluding tert-OH is 1. The van der Waals surface area contributed by atoms with Crippen LogP contribution in [0.5, 0.6) is 0 Å². The van der Waals surface area contributed by atoms with Crippen LogP contribution in [0, 0.1) is 0 Å². The van der Waals surface area contributed by atoms with Gasteiger partial charge in [-0.25, -0.2) is 4.98 Å². The lowest BCUT2D eigenvalue weighted by atomic mass is 10.1. The molecule has 0 spiro atoms. The number of anilines is 1. The first-order valence-electron chi connectivity index (χ1n) is 8.94. The highest BCUT2D eigenvalue weighted by atomic mass is 35.5. The molecule has 164 valence electrons. The van der Waals surface area contributed by atoms with Gasteiger partial charge in [-0.3, -0.25) is 14.3 Å². The molecule has 2 fully saturated rings. The predicted octanol–water partition coefficient (Wildman–Crippen LogP) is 1.78. The number of aliphatic hydroxyl groups is 1. The maximum atomic E-state index is 12.4. The molecule has 31 heavy (non-hydrogen) atoms. The van der Waals surface area contributed by atoms with Crippen LogP contribution in [-0.4, -0.2) is 54.4 Å². The maximum Gasteiger partial charge on any atom is 0.476 e. The van der Waals surface area contributed by atoms with Gasteiger partial charge in [-0.15, -0.1) is 0 Å². The third-order valence-electron chi connectivity index (χ3n) is 4.79. The Bertz CT molecular complexity index is 1210. The number of nitrogens with zero attached hydrogens (tertiary/aromatic N) is 3. The summed E-state index contributed by atoms with van der Waals surface area (Å²) in [5.74, 6) is -0.109. The van der Waals surface area contributed by atoms with Crippen molar-refractivity contribution in [3.05, 3.63) is 39.6 Å². The van der Waals surface area contributed by atoms with Crippen LogP contribution >= 0.6 is 42.8 Å². The first-order valence-corrected chi connectivity index (χ1v) is 12.9. The Morgan fingerprint density at radius 3 is 2.84 bits per heavy atom. The number of benzene rings is 1. The van der Waals surface area contributed by atoms with E-state index in [9.17, 15) is 14.8 Å². The van der Waals surface area contributed by atoms with Crippen molar-refractivity contribution >= 4 is 59.9 Å². The number of rotatable bonds is 3. The monoisotopic (exact) mass is 504 g/mol. The average molecular weight is 505 g/mol. The number of halogens is 1. The lowest BCUT2D eigenvalue weighted by molar-refractivity contribution is -0.0625. The standard InChI is InChI=1S/C16H15ClN5O6PS2/c17-6-1-3-7(4-2-6)31-16-19-9-12(20-15(18)21-13(9)24)22(16)14-10(23)11-8(27-14)5-26-29(25,30)28-11/h1-4,8,10-11,14,23,25,30H,5H2,(H2-,18,20,21,24)/p+1/t8-,10+,11?,14?,29?/m1/s1. The molecule has 2 aliphatic rings. The van der Waals surface area contributed by atoms with Crippen LogP contribution in [0.2, 0.25) is 5.02 Å². The minimum atomic E-state index is -3.36. The van der Waals surface area contributed by atoms with Gasteiger partial charge in [-0.1, -0.05) is 23.4 Å². The Morgan fingerprint density at radius 1 is 1.35 bits per heavy atom. The number of hydrogen-bond donors (Lipinski definition) is 5. The van der Waals surface area contributed by atoms with E-state index in [-0.39, 0.29) is 23.7 Å². The fraction of sp³-hybridized carbons (Fsp3) is 0.312. The minimum Gasteiger partial charge on any atom is -0.385 e. The number of nitrogens with two attached hydrogens (primary N) is 1. The number of H-pyrrole nitrogens is 1. The Kier molecular flexibility index (Phi) is 5.44. The molecular formula is C16H16ClN5O6PS2+. The molecule has 0 saturated carbocycles. The highest BCUT2D eigenvalue weighted by molar-refractivity contribution is 8.47. The van der Waals surface area contributed by atoms with Crippen LogP contribution < -0.4 is 11.3 Å². The summed E-state index contributed by atoms with van der Waals surface area (Å²) in [5, 5.41) is 11.9. The van der Waals surface area contributed by atoms with Gasteiger partial charge in [-0.2, -0.15) is 18.9 Å². The van der Waals surface area contributed by atoms with Gasteiger partial charge in [0.25, 0.3) is 5.56 Å². The molecule has 0 bridgehead atoms. The molecule has 15 heteroatoms. The van der Waals surface area contributed by atoms with Crippen LogP contribution in [-0.2, 0) is 13.8 Å². The molecule has 0 radical (unpaired) electrons. The average Bonchev–Trinajstić information content (AvgIpc) is 3.20. The SMILES string of the molecule is Nc1nc2c(nc(Sc3ccc(Cl)cc3)n2C2O[C@@H]3CO[P+](O)(S)OC3[C@@H]2O)c(=O)[nH]1. The number of nitrogen functional groups attached to an aromatic ring is 1. The van der Waals surface area contributed by atoms with Gasteiger partial charge in [0, 0.05) is 9.92 Å². The van der Waals surface area contributed by atoms with Crippen molar-refractivity contribution in [3.63, 3.8) is 0 Å². The Morgan fingerprint density at radius 2 is 2.10 bits per heavy atom. The number of ether oxygens (including phenoxy) is 1. The second kappa shape index (κ2) is 7.87. The number of fused-ring (bicyclic) bond motifs is 2. The summed E-state index contributed by atoms with van der Waals surface area (Å²) in [7, 11) is -3.36. The van der Waals surface area contributed by atoms with E-state index in [0.29, 0.717) is 10.2 Å². The molecule has 1 aromatic carbocycles. The van der Waals surface area contributed by atoms with Crippen molar-refractivity contribution in [2.45, 2.75) is 34.6 Å². The van der Waals surface area contributed by atoms with Crippen molar-refractivity contribution in [2.75, 3.05) is 12.3 Å². The summed E-state index contributed by atoms with van der Waals surface area (Å²) in [6, 6.07) is 7.02. The maximum absolute atomic E-state index is 12.4. The third-order valence-corrected chi connectivity index (χ3v) is 7.65. The molecule has 3 unspecified atom stereocenters. The number of aromatic nitrogens is 4. The van der Waals surface area contributed by atoms with E-state index in [2.05, 4.69) is 27.2 Å². The zero-order valence-electron chi connectivity index (χ0n) is 15.5. The van der Waals surface area contributed by atoms with E-state index in [4.69, 9.17) is 31.1 Å². The van der Waals surface area contributed by atoms with Gasteiger partial charge >= 0.3 is 7.15 Å². The summed E-state index contributed by atoms with van der Waals surface area (Å²) >= 11 is 11.2. The molecule has 11 nitrogen and oxygen atoms in total. The fourth-order valence-electron chi connectivity index (χ4n) is 3.45. The molecule has 4 heterocycles. The van der Waals surface area contributed by atoms with E-state index < -0.39 is 37.2 Å². The summed E-state index contributed by atoms with van der Waals surface area (Å²) < 4.78 is 18.1. The predicted molar refractivity (Wildman–Crippen MR) is 117 cm³/mol. The second-order valence-electron chi connectivity index (χ2n) is 6.86. The second-order valence-corrected chi connectivity index (χ2v) is 11.3. The van der Waals surface area contributed by atoms with Crippen molar-refractivity contribution in [1.29, 1.82) is 0 Å². The molecule has 5 rings (SSSR count). The minimum absolute atomic E-state index is 0.0194. The fourth-order valence-corrected chi connectivity index (χ4v) is 5.99. The van der Waals surface area contributed by atoms with E-state index in [1.807, 2.05) is 0 Å². The molecule has 2 aromatic heterocycles. The Hall–Kier alpha value is -1.41. The third kappa shape index (κ3) is 3.94. The van der Waals surface area contributed by atoms with Crippen LogP contribution in [0.4, 0.5) is 5.95 Å². The summed E-state index contributed by atoms with van der Waals surface area (Å²) in [5.41, 5.74) is 5.38. The van der Waals surface area contributed by atoms with E-state index in [0.717, 1.165) is 4.90 Å². The van der Waals surface area contributed by atoms with Gasteiger partial charge in [0.1, 0.15) is 18.8 Å². The van der Waals surface area contributed by atoms with Crippen molar-refractivity contribution in [1.82, 2.24) is 19.5 Å². The topological polar surface area (TPSA) is 158 Å². The molecule has 0 amide bonds. The smallest absolute Gasteiger partial charge is 0.385 e. The molecule has 0 aliphatic carbocycles. The first-order chi connectivity index (χ1) is 14.7. The molecule has 5 atom stereocenters. The van der Waals surface area contributed by atoms with Crippen LogP contribution in [0.15, 0.2) is 39.1 Å². The van der Waals surface area contributed by atoms with Crippen molar-refractivity contribution in [3.8, 4) is 0 Å². The Balaban J connectivity index is 1.61. The lowest BCUT2D eigenvalue weighted by Gasteiger charge is -2.25. The van der Waals surface area contributed by atoms with Gasteiger partial charge in [0.2, 0.25) is 5.95 Å². The summed E-state index contributed by atoms with van der Waals surface area (Å²) in [6.45, 7) is -0.0194. The van der Waals surface area contributed by atoms with Gasteiger partial charge in [0.15, 0.2) is 28.7 Å². The highest BCUT2D eigenvalue weighted by Crippen LogP contribution is 2.66. The molecule has 3 aromatic rings. The summed E-state index contributed by atoms with van der Waals surface area (Å²) in [4.78, 5) is 34.3. The quantitative estimate of drug-likeness (QED) is 0.263. The number of hydrogen-bond acceptors (Lipinski definition) is 11. The number of aromatic amines is 1. The van der Waals surface area contributed by atoms with Crippen LogP contribution in [0.25, 0.3) is 11.2 Å². The molecule has 2 saturated heterocycles. The van der Waals surface area contributed by atoms with Crippen LogP contribution in [0.1, 0.15) is 6.23 Å². The Labute approximate surface area is 189 Å². The number of imidazole rings is 1. The number of thiol groups is 1. The van der Waals surface area contributed by atoms with Gasteiger partial charge < -0.3 is 15.6 Å². The van der Waals surface area contributed by atoms with E-state index in [1.54, 1.807) is 24.3 Å². The van der Waals surface area contributed by atoms with Crippen molar-refractivity contribution < 1.29 is 23.8 Å². The lowest BCUT2D eigenvalue weighted by Crippen LogP contribution is -2.39. The molecule has 2 aliphatic heterocycles. The zero-order valence-corrected chi connectivity index (χ0v) is 18.8. The van der Waals surface area contributed by atoms with Crippen LogP contribution in [0.3, 0.4) is 0 Å². The molecular weight excluding hydrogens is 489 g/mol. The largest absolute Gasteiger partial charge is 0.476 e. The van der Waals surface area contributed by atoms with E-state index in [1.165, 1.54) is 16.3 Å². The highest BCUT2D eigenvalue weighted by Gasteiger charge is 2.58. The van der Waals surface area contributed by atoms with E-state index >= 15 is 0 Å². The van der Waals surface area contributed by atoms with Gasteiger partial charge in [0.05, 0.1) is 12.2 Å². The summed E-state index contributed by atoms with van der Waals surface area (Å²) in [6.07, 6.45) is -3.81. The first kappa shape index (κ1) is 21.4. The van der Waals surface area contributed by atoms with Gasteiger partial charge in [-0.05, 0) is 24.3 Å².